The number of amides is 1. The van der Waals surface area contributed by atoms with Crippen LogP contribution in [-0.2, 0) is 11.4 Å². The third-order valence-electron chi connectivity index (χ3n) is 4.52. The average Bonchev–Trinajstić information content (AvgIpc) is 3.02. The fourth-order valence-corrected chi connectivity index (χ4v) is 3.08. The van der Waals surface area contributed by atoms with Crippen LogP contribution in [0, 0.1) is 12.8 Å². The number of ether oxygens (including phenoxy) is 1. The van der Waals surface area contributed by atoms with E-state index in [9.17, 15) is 9.90 Å². The molecule has 126 valence electrons. The Bertz CT molecular complexity index is 699. The minimum Gasteiger partial charge on any atom is -0.489 e. The van der Waals surface area contributed by atoms with Crippen molar-refractivity contribution in [3.8, 4) is 5.75 Å². The standard InChI is InChI=1S/C20H23NO3/c1-14-12-16(24-13-15-6-3-2-4-7-15)10-11-18(14)21-20(23)17-8-5-9-19(17)22/h2-4,6-7,10-12,17,19,22H,5,8-9,13H2,1H3,(H,21,23). The van der Waals surface area contributed by atoms with E-state index in [1.54, 1.807) is 0 Å². The molecule has 1 aliphatic carbocycles. The summed E-state index contributed by atoms with van der Waals surface area (Å²) in [6.45, 7) is 2.45. The zero-order valence-corrected chi connectivity index (χ0v) is 13.9. The topological polar surface area (TPSA) is 58.6 Å². The number of carbonyl (C=O) groups is 1. The summed E-state index contributed by atoms with van der Waals surface area (Å²) in [5.74, 6) is 0.384. The number of anilines is 1. The van der Waals surface area contributed by atoms with E-state index in [-0.39, 0.29) is 11.8 Å². The minimum atomic E-state index is -0.515. The molecule has 1 saturated carbocycles. The van der Waals surface area contributed by atoms with E-state index in [4.69, 9.17) is 4.74 Å². The van der Waals surface area contributed by atoms with Crippen molar-refractivity contribution in [1.82, 2.24) is 0 Å². The summed E-state index contributed by atoms with van der Waals surface area (Å²) in [6, 6.07) is 15.6. The second-order valence-corrected chi connectivity index (χ2v) is 6.34. The second kappa shape index (κ2) is 7.49. The predicted molar refractivity (Wildman–Crippen MR) is 93.9 cm³/mol. The van der Waals surface area contributed by atoms with Crippen LogP contribution in [0.15, 0.2) is 48.5 Å². The summed E-state index contributed by atoms with van der Waals surface area (Å²) in [7, 11) is 0. The van der Waals surface area contributed by atoms with Gasteiger partial charge in [0.25, 0.3) is 0 Å². The van der Waals surface area contributed by atoms with Crippen molar-refractivity contribution in [1.29, 1.82) is 0 Å². The zero-order chi connectivity index (χ0) is 16.9. The normalized spacial score (nSPS) is 19.9. The number of nitrogens with one attached hydrogen (secondary N) is 1. The number of rotatable bonds is 5. The first-order valence-corrected chi connectivity index (χ1v) is 8.40. The number of hydrogen-bond donors (Lipinski definition) is 2. The highest BCUT2D eigenvalue weighted by Gasteiger charge is 2.31. The largest absolute Gasteiger partial charge is 0.489 e. The fourth-order valence-electron chi connectivity index (χ4n) is 3.08. The molecule has 2 atom stereocenters. The summed E-state index contributed by atoms with van der Waals surface area (Å²) >= 11 is 0. The van der Waals surface area contributed by atoms with Crippen LogP contribution in [0.5, 0.6) is 5.75 Å². The highest BCUT2D eigenvalue weighted by atomic mass is 16.5. The Balaban J connectivity index is 1.61. The third-order valence-corrected chi connectivity index (χ3v) is 4.52. The number of aliphatic hydroxyl groups is 1. The summed E-state index contributed by atoms with van der Waals surface area (Å²) < 4.78 is 5.80. The number of benzene rings is 2. The van der Waals surface area contributed by atoms with Crippen molar-refractivity contribution >= 4 is 11.6 Å². The van der Waals surface area contributed by atoms with E-state index in [1.165, 1.54) is 0 Å². The van der Waals surface area contributed by atoms with Gasteiger partial charge in [-0.3, -0.25) is 4.79 Å². The third kappa shape index (κ3) is 3.95. The molecular formula is C20H23NO3. The van der Waals surface area contributed by atoms with Crippen LogP contribution in [0.4, 0.5) is 5.69 Å². The van der Waals surface area contributed by atoms with E-state index in [0.717, 1.165) is 35.4 Å². The summed E-state index contributed by atoms with van der Waals surface area (Å²) in [5, 5.41) is 12.8. The van der Waals surface area contributed by atoms with Crippen LogP contribution in [0.1, 0.15) is 30.4 Å². The van der Waals surface area contributed by atoms with Crippen molar-refractivity contribution < 1.29 is 14.6 Å². The van der Waals surface area contributed by atoms with Crippen LogP contribution in [0.2, 0.25) is 0 Å². The number of aliphatic hydroxyl groups excluding tert-OH is 1. The molecule has 2 N–H and O–H groups in total. The Morgan fingerprint density at radius 3 is 2.67 bits per heavy atom. The monoisotopic (exact) mass is 325 g/mol. The molecule has 0 heterocycles. The van der Waals surface area contributed by atoms with Gasteiger partial charge >= 0.3 is 0 Å². The van der Waals surface area contributed by atoms with Gasteiger partial charge < -0.3 is 15.2 Å². The molecule has 0 radical (unpaired) electrons. The van der Waals surface area contributed by atoms with Gasteiger partial charge in [0, 0.05) is 5.69 Å². The van der Waals surface area contributed by atoms with Crippen molar-refractivity contribution in [2.75, 3.05) is 5.32 Å². The maximum absolute atomic E-state index is 12.3. The first-order chi connectivity index (χ1) is 11.6. The summed E-state index contributed by atoms with van der Waals surface area (Å²) in [4.78, 5) is 12.3. The highest BCUT2D eigenvalue weighted by Crippen LogP contribution is 2.28. The average molecular weight is 325 g/mol. The van der Waals surface area contributed by atoms with E-state index in [2.05, 4.69) is 5.32 Å². The minimum absolute atomic E-state index is 0.0962. The maximum Gasteiger partial charge on any atom is 0.230 e. The Kier molecular flexibility index (Phi) is 5.16. The van der Waals surface area contributed by atoms with Gasteiger partial charge in [0.15, 0.2) is 0 Å². The fraction of sp³-hybridized carbons (Fsp3) is 0.350. The van der Waals surface area contributed by atoms with Crippen LogP contribution in [0.3, 0.4) is 0 Å². The van der Waals surface area contributed by atoms with Gasteiger partial charge in [0.1, 0.15) is 12.4 Å². The van der Waals surface area contributed by atoms with Crippen LogP contribution < -0.4 is 10.1 Å². The Labute approximate surface area is 142 Å². The molecular weight excluding hydrogens is 302 g/mol. The molecule has 0 aromatic heterocycles. The van der Waals surface area contributed by atoms with Crippen molar-refractivity contribution in [3.63, 3.8) is 0 Å². The molecule has 1 amide bonds. The summed E-state index contributed by atoms with van der Waals surface area (Å²) in [5.41, 5.74) is 2.83. The number of hydrogen-bond acceptors (Lipinski definition) is 3. The second-order valence-electron chi connectivity index (χ2n) is 6.34. The predicted octanol–water partition coefficient (Wildman–Crippen LogP) is 3.67. The van der Waals surface area contributed by atoms with Crippen LogP contribution >= 0.6 is 0 Å². The van der Waals surface area contributed by atoms with Gasteiger partial charge in [0.05, 0.1) is 12.0 Å². The molecule has 2 aromatic rings. The molecule has 24 heavy (non-hydrogen) atoms. The first-order valence-electron chi connectivity index (χ1n) is 8.40. The van der Waals surface area contributed by atoms with Crippen LogP contribution in [-0.4, -0.2) is 17.1 Å². The number of aryl methyl sites for hydroxylation is 1. The lowest BCUT2D eigenvalue weighted by molar-refractivity contribution is -0.122. The van der Waals surface area contributed by atoms with Gasteiger partial charge in [-0.2, -0.15) is 0 Å². The number of carbonyl (C=O) groups excluding carboxylic acids is 1. The van der Waals surface area contributed by atoms with E-state index < -0.39 is 6.10 Å². The Morgan fingerprint density at radius 1 is 1.21 bits per heavy atom. The SMILES string of the molecule is Cc1cc(OCc2ccccc2)ccc1NC(=O)C1CCCC1O. The molecule has 0 spiro atoms. The maximum atomic E-state index is 12.3. The van der Waals surface area contributed by atoms with Crippen LogP contribution in [0.25, 0.3) is 0 Å². The Hall–Kier alpha value is -2.33. The Morgan fingerprint density at radius 2 is 2.00 bits per heavy atom. The highest BCUT2D eigenvalue weighted by molar-refractivity contribution is 5.93. The molecule has 4 nitrogen and oxygen atoms in total. The van der Waals surface area contributed by atoms with Crippen molar-refractivity contribution in [3.05, 3.63) is 59.7 Å². The molecule has 1 aliphatic rings. The molecule has 2 aromatic carbocycles. The van der Waals surface area contributed by atoms with Gasteiger partial charge in [-0.1, -0.05) is 30.3 Å². The zero-order valence-electron chi connectivity index (χ0n) is 13.9. The van der Waals surface area contributed by atoms with Gasteiger partial charge in [-0.15, -0.1) is 0 Å². The smallest absolute Gasteiger partial charge is 0.230 e. The lowest BCUT2D eigenvalue weighted by Gasteiger charge is -2.16. The van der Waals surface area contributed by atoms with E-state index in [1.807, 2.05) is 55.5 Å². The van der Waals surface area contributed by atoms with Gasteiger partial charge in [-0.05, 0) is 55.5 Å². The molecule has 4 heteroatoms. The lowest BCUT2D eigenvalue weighted by atomic mass is 10.0. The lowest BCUT2D eigenvalue weighted by Crippen LogP contribution is -2.28. The molecule has 0 saturated heterocycles. The summed E-state index contributed by atoms with van der Waals surface area (Å²) in [6.07, 6.45) is 1.86. The van der Waals surface area contributed by atoms with Crippen molar-refractivity contribution in [2.45, 2.75) is 38.9 Å². The molecule has 0 aliphatic heterocycles. The molecule has 1 fully saturated rings. The van der Waals surface area contributed by atoms with Gasteiger partial charge in [0.2, 0.25) is 5.91 Å². The van der Waals surface area contributed by atoms with E-state index >= 15 is 0 Å². The van der Waals surface area contributed by atoms with E-state index in [0.29, 0.717) is 13.0 Å². The first kappa shape index (κ1) is 16.5. The molecule has 0 bridgehead atoms. The van der Waals surface area contributed by atoms with Crippen molar-refractivity contribution in [2.24, 2.45) is 5.92 Å². The van der Waals surface area contributed by atoms with Gasteiger partial charge in [-0.25, -0.2) is 0 Å². The quantitative estimate of drug-likeness (QED) is 0.882. The molecule has 2 unspecified atom stereocenters. The molecule has 3 rings (SSSR count).